The molecule has 1 N–H and O–H groups in total. The monoisotopic (exact) mass is 250 g/mol. The van der Waals surface area contributed by atoms with E-state index in [1.165, 1.54) is 0 Å². The molecule has 0 spiro atoms. The van der Waals surface area contributed by atoms with Crippen molar-refractivity contribution in [2.75, 3.05) is 6.61 Å². The predicted molar refractivity (Wildman–Crippen MR) is 66.3 cm³/mol. The maximum absolute atomic E-state index is 11.8. The fraction of sp³-hybridized carbons (Fsp3) is 0.538. The third kappa shape index (κ3) is 2.91. The summed E-state index contributed by atoms with van der Waals surface area (Å²) >= 11 is 0. The largest absolute Gasteiger partial charge is 0.461 e. The average molecular weight is 250 g/mol. The molecule has 1 aliphatic rings. The fourth-order valence-electron chi connectivity index (χ4n) is 1.85. The summed E-state index contributed by atoms with van der Waals surface area (Å²) < 4.78 is 6.64. The maximum atomic E-state index is 11.8. The Morgan fingerprint density at radius 1 is 1.50 bits per heavy atom. The minimum absolute atomic E-state index is 0.0568. The molecule has 1 amide bonds. The van der Waals surface area contributed by atoms with Crippen LogP contribution in [0.2, 0.25) is 0 Å². The van der Waals surface area contributed by atoms with Gasteiger partial charge in [0.1, 0.15) is 12.2 Å². The summed E-state index contributed by atoms with van der Waals surface area (Å²) in [5.74, 6) is -0.433. The molecule has 0 atom stereocenters. The molecule has 0 saturated heterocycles. The van der Waals surface area contributed by atoms with Crippen molar-refractivity contribution in [3.8, 4) is 0 Å². The molecule has 1 saturated carbocycles. The number of nitrogens with one attached hydrogen (secondary N) is 1. The number of ether oxygens (including phenoxy) is 1. The molecule has 0 aliphatic heterocycles. The van der Waals surface area contributed by atoms with Gasteiger partial charge in [0.05, 0.1) is 6.61 Å². The Hall–Kier alpha value is -1.78. The van der Waals surface area contributed by atoms with Gasteiger partial charge in [0.25, 0.3) is 0 Å². The third-order valence-electron chi connectivity index (χ3n) is 2.89. The van der Waals surface area contributed by atoms with Crippen LogP contribution in [0, 0.1) is 6.92 Å². The zero-order valence-corrected chi connectivity index (χ0v) is 10.7. The van der Waals surface area contributed by atoms with Crippen LogP contribution in [0.5, 0.6) is 0 Å². The number of aromatic nitrogens is 1. The smallest absolute Gasteiger partial charge is 0.355 e. The second-order valence-electron chi connectivity index (χ2n) is 4.54. The first kappa shape index (κ1) is 12.7. The van der Waals surface area contributed by atoms with Crippen molar-refractivity contribution in [2.24, 2.45) is 0 Å². The number of amides is 1. The van der Waals surface area contributed by atoms with E-state index in [9.17, 15) is 9.59 Å². The molecule has 5 heteroatoms. The van der Waals surface area contributed by atoms with Crippen LogP contribution in [0.15, 0.2) is 12.3 Å². The number of hydrogen-bond acceptors (Lipinski definition) is 3. The van der Waals surface area contributed by atoms with E-state index in [-0.39, 0.29) is 18.4 Å². The summed E-state index contributed by atoms with van der Waals surface area (Å²) in [6.45, 7) is 4.10. The SMILES string of the molecule is CCOC(=O)c1c(C)ccn1CC(=O)NC1CC1. The van der Waals surface area contributed by atoms with E-state index >= 15 is 0 Å². The first-order chi connectivity index (χ1) is 8.61. The van der Waals surface area contributed by atoms with Crippen molar-refractivity contribution in [3.63, 3.8) is 0 Å². The number of aryl methyl sites for hydroxylation is 1. The Morgan fingerprint density at radius 2 is 2.22 bits per heavy atom. The second kappa shape index (κ2) is 5.25. The summed E-state index contributed by atoms with van der Waals surface area (Å²) in [6.07, 6.45) is 3.86. The molecule has 1 aromatic rings. The van der Waals surface area contributed by atoms with E-state index in [1.54, 1.807) is 17.7 Å². The van der Waals surface area contributed by atoms with Crippen molar-refractivity contribution in [3.05, 3.63) is 23.5 Å². The van der Waals surface area contributed by atoms with Crippen LogP contribution in [0.1, 0.15) is 35.8 Å². The lowest BCUT2D eigenvalue weighted by atomic mass is 10.3. The van der Waals surface area contributed by atoms with Crippen LogP contribution in [0.3, 0.4) is 0 Å². The summed E-state index contributed by atoms with van der Waals surface area (Å²) in [4.78, 5) is 23.5. The van der Waals surface area contributed by atoms with Gasteiger partial charge in [-0.2, -0.15) is 0 Å². The number of rotatable bonds is 5. The zero-order chi connectivity index (χ0) is 13.1. The molecule has 0 bridgehead atoms. The van der Waals surface area contributed by atoms with Crippen molar-refractivity contribution in [1.82, 2.24) is 9.88 Å². The van der Waals surface area contributed by atoms with Gasteiger partial charge >= 0.3 is 5.97 Å². The average Bonchev–Trinajstić information content (AvgIpc) is 3.03. The maximum Gasteiger partial charge on any atom is 0.355 e. The quantitative estimate of drug-likeness (QED) is 0.800. The van der Waals surface area contributed by atoms with Crippen LogP contribution in [0.4, 0.5) is 0 Å². The van der Waals surface area contributed by atoms with Gasteiger partial charge in [-0.15, -0.1) is 0 Å². The Kier molecular flexibility index (Phi) is 3.69. The van der Waals surface area contributed by atoms with Crippen LogP contribution in [-0.2, 0) is 16.1 Å². The van der Waals surface area contributed by atoms with Gasteiger partial charge in [-0.25, -0.2) is 4.79 Å². The first-order valence-corrected chi connectivity index (χ1v) is 6.24. The normalized spacial score (nSPS) is 14.3. The van der Waals surface area contributed by atoms with Gasteiger partial charge in [0, 0.05) is 12.2 Å². The summed E-state index contributed by atoms with van der Waals surface area (Å²) in [5, 5.41) is 2.90. The van der Waals surface area contributed by atoms with Crippen LogP contribution < -0.4 is 5.32 Å². The van der Waals surface area contributed by atoms with Gasteiger partial charge in [0.15, 0.2) is 0 Å². The van der Waals surface area contributed by atoms with Gasteiger partial charge < -0.3 is 14.6 Å². The third-order valence-corrected chi connectivity index (χ3v) is 2.89. The molecule has 1 aliphatic carbocycles. The van der Waals surface area contributed by atoms with E-state index in [4.69, 9.17) is 4.74 Å². The fourth-order valence-corrected chi connectivity index (χ4v) is 1.85. The van der Waals surface area contributed by atoms with Gasteiger partial charge in [-0.1, -0.05) is 0 Å². The highest BCUT2D eigenvalue weighted by Crippen LogP contribution is 2.18. The highest BCUT2D eigenvalue weighted by molar-refractivity contribution is 5.90. The van der Waals surface area contributed by atoms with Gasteiger partial charge in [-0.3, -0.25) is 4.79 Å². The van der Waals surface area contributed by atoms with Crippen molar-refractivity contribution in [1.29, 1.82) is 0 Å². The topological polar surface area (TPSA) is 60.3 Å². The van der Waals surface area contributed by atoms with E-state index in [1.807, 2.05) is 13.0 Å². The molecule has 1 heterocycles. The lowest BCUT2D eigenvalue weighted by Gasteiger charge is -2.09. The van der Waals surface area contributed by atoms with Crippen LogP contribution in [0.25, 0.3) is 0 Å². The van der Waals surface area contributed by atoms with Crippen molar-refractivity contribution >= 4 is 11.9 Å². The minimum atomic E-state index is -0.376. The number of hydrogen-bond donors (Lipinski definition) is 1. The minimum Gasteiger partial charge on any atom is -0.461 e. The predicted octanol–water partition coefficient (Wildman–Crippen LogP) is 1.25. The Labute approximate surface area is 106 Å². The highest BCUT2D eigenvalue weighted by atomic mass is 16.5. The van der Waals surface area contributed by atoms with Crippen LogP contribution >= 0.6 is 0 Å². The Bertz CT molecular complexity index is 461. The lowest BCUT2D eigenvalue weighted by molar-refractivity contribution is -0.121. The molecule has 0 unspecified atom stereocenters. The Morgan fingerprint density at radius 3 is 2.83 bits per heavy atom. The first-order valence-electron chi connectivity index (χ1n) is 6.24. The molecule has 98 valence electrons. The van der Waals surface area contributed by atoms with Crippen LogP contribution in [-0.4, -0.2) is 29.1 Å². The van der Waals surface area contributed by atoms with E-state index < -0.39 is 0 Å². The molecular formula is C13H18N2O3. The highest BCUT2D eigenvalue weighted by Gasteiger charge is 2.24. The number of nitrogens with zero attached hydrogens (tertiary/aromatic N) is 1. The lowest BCUT2D eigenvalue weighted by Crippen LogP contribution is -2.30. The number of carbonyl (C=O) groups excluding carboxylic acids is 2. The molecule has 1 aromatic heterocycles. The zero-order valence-electron chi connectivity index (χ0n) is 10.7. The summed E-state index contributed by atoms with van der Waals surface area (Å²) in [6, 6.07) is 2.15. The number of carbonyl (C=O) groups is 2. The van der Waals surface area contributed by atoms with Crippen molar-refractivity contribution in [2.45, 2.75) is 39.3 Å². The molecule has 18 heavy (non-hydrogen) atoms. The molecule has 2 rings (SSSR count). The van der Waals surface area contributed by atoms with Gasteiger partial charge in [-0.05, 0) is 38.3 Å². The second-order valence-corrected chi connectivity index (χ2v) is 4.54. The summed E-state index contributed by atoms with van der Waals surface area (Å²) in [5.41, 5.74) is 1.29. The van der Waals surface area contributed by atoms with Gasteiger partial charge in [0.2, 0.25) is 5.91 Å². The van der Waals surface area contributed by atoms with Crippen molar-refractivity contribution < 1.29 is 14.3 Å². The molecular weight excluding hydrogens is 232 g/mol. The molecule has 0 radical (unpaired) electrons. The number of esters is 1. The molecule has 1 fully saturated rings. The van der Waals surface area contributed by atoms with E-state index in [0.717, 1.165) is 18.4 Å². The molecule has 0 aromatic carbocycles. The summed E-state index contributed by atoms with van der Waals surface area (Å²) in [7, 11) is 0. The Balaban J connectivity index is 2.07. The van der Waals surface area contributed by atoms with E-state index in [0.29, 0.717) is 18.3 Å². The molecule has 5 nitrogen and oxygen atoms in total. The van der Waals surface area contributed by atoms with E-state index in [2.05, 4.69) is 5.32 Å². The standard InChI is InChI=1S/C13H18N2O3/c1-3-18-13(17)12-9(2)6-7-15(12)8-11(16)14-10-4-5-10/h6-7,10H,3-5,8H2,1-2H3,(H,14,16).